The maximum Gasteiger partial charge on any atom is 0.137 e. The van der Waals surface area contributed by atoms with Crippen LogP contribution in [-0.4, -0.2) is 11.7 Å². The quantitative estimate of drug-likeness (QED) is 0.804. The van der Waals surface area contributed by atoms with E-state index in [1.165, 1.54) is 0 Å². The Labute approximate surface area is 100 Å². The summed E-state index contributed by atoms with van der Waals surface area (Å²) >= 11 is 5.99. The minimum Gasteiger partial charge on any atom is -0.492 e. The molecule has 16 heavy (non-hydrogen) atoms. The minimum absolute atomic E-state index is 0.474. The fourth-order valence-corrected chi connectivity index (χ4v) is 1.47. The fourth-order valence-electron chi connectivity index (χ4n) is 1.23. The van der Waals surface area contributed by atoms with Crippen LogP contribution in [-0.2, 0) is 0 Å². The molecule has 1 aromatic carbocycles. The van der Waals surface area contributed by atoms with Crippen LogP contribution in [0.15, 0.2) is 18.2 Å². The van der Waals surface area contributed by atoms with Gasteiger partial charge in [0.15, 0.2) is 0 Å². The summed E-state index contributed by atoms with van der Waals surface area (Å²) < 4.78 is 5.41. The molecule has 0 saturated carbocycles. The zero-order chi connectivity index (χ0) is 12.0. The molecular formula is C12H14ClNO2. The summed E-state index contributed by atoms with van der Waals surface area (Å²) in [5, 5.41) is 18.2. The van der Waals surface area contributed by atoms with E-state index in [9.17, 15) is 5.11 Å². The lowest BCUT2D eigenvalue weighted by Gasteiger charge is -2.10. The van der Waals surface area contributed by atoms with E-state index in [0.29, 0.717) is 30.2 Å². The summed E-state index contributed by atoms with van der Waals surface area (Å²) in [7, 11) is 0. The van der Waals surface area contributed by atoms with Gasteiger partial charge in [-0.25, -0.2) is 0 Å². The van der Waals surface area contributed by atoms with E-state index in [4.69, 9.17) is 21.6 Å². The number of nitriles is 1. The van der Waals surface area contributed by atoms with Crippen molar-refractivity contribution in [2.24, 2.45) is 0 Å². The molecule has 3 nitrogen and oxygen atoms in total. The molecule has 1 N–H and O–H groups in total. The summed E-state index contributed by atoms with van der Waals surface area (Å²) in [5.41, 5.74) is 0.759. The number of hydrogen-bond donors (Lipinski definition) is 1. The van der Waals surface area contributed by atoms with Crippen LogP contribution in [0.3, 0.4) is 0 Å². The molecule has 0 amide bonds. The summed E-state index contributed by atoms with van der Waals surface area (Å²) in [6.07, 6.45) is 0.624. The molecule has 0 unspecified atom stereocenters. The smallest absolute Gasteiger partial charge is 0.137 e. The molecular weight excluding hydrogens is 226 g/mol. The lowest BCUT2D eigenvalue weighted by Crippen LogP contribution is -1.98. The third kappa shape index (κ3) is 3.73. The van der Waals surface area contributed by atoms with Crippen molar-refractivity contribution >= 4 is 11.6 Å². The van der Waals surface area contributed by atoms with Crippen LogP contribution >= 0.6 is 11.6 Å². The average Bonchev–Trinajstić information content (AvgIpc) is 2.26. The number of aliphatic hydroxyl groups excluding tert-OH is 1. The molecule has 0 saturated heterocycles. The Morgan fingerprint density at radius 3 is 2.88 bits per heavy atom. The van der Waals surface area contributed by atoms with Crippen LogP contribution in [0.2, 0.25) is 5.02 Å². The average molecular weight is 240 g/mol. The van der Waals surface area contributed by atoms with E-state index in [1.807, 2.05) is 6.07 Å². The molecule has 1 atom stereocenters. The zero-order valence-electron chi connectivity index (χ0n) is 9.11. The van der Waals surface area contributed by atoms with Crippen LogP contribution in [0.25, 0.3) is 0 Å². The summed E-state index contributed by atoms with van der Waals surface area (Å²) in [4.78, 5) is 0. The van der Waals surface area contributed by atoms with Crippen molar-refractivity contribution in [2.45, 2.75) is 25.9 Å². The molecule has 0 aliphatic heterocycles. The van der Waals surface area contributed by atoms with E-state index in [0.717, 1.165) is 5.56 Å². The van der Waals surface area contributed by atoms with Gasteiger partial charge in [0.2, 0.25) is 0 Å². The maximum atomic E-state index is 9.35. The SMILES string of the molecule is C[C@@H](O)c1ccc(OCCCC#N)c(Cl)c1. The van der Waals surface area contributed by atoms with Crippen LogP contribution in [0.4, 0.5) is 0 Å². The van der Waals surface area contributed by atoms with Gasteiger partial charge in [-0.3, -0.25) is 0 Å². The van der Waals surface area contributed by atoms with Gasteiger partial charge >= 0.3 is 0 Å². The number of ether oxygens (including phenoxy) is 1. The zero-order valence-corrected chi connectivity index (χ0v) is 9.87. The number of benzene rings is 1. The minimum atomic E-state index is -0.537. The first-order chi connectivity index (χ1) is 7.65. The highest BCUT2D eigenvalue weighted by Gasteiger charge is 2.06. The molecule has 1 aromatic rings. The van der Waals surface area contributed by atoms with Crippen molar-refractivity contribution in [1.29, 1.82) is 5.26 Å². The van der Waals surface area contributed by atoms with Crippen LogP contribution < -0.4 is 4.74 Å². The third-order valence-electron chi connectivity index (χ3n) is 2.13. The molecule has 0 aliphatic carbocycles. The Balaban J connectivity index is 2.58. The first-order valence-corrected chi connectivity index (χ1v) is 5.50. The molecule has 0 radical (unpaired) electrons. The summed E-state index contributed by atoms with van der Waals surface area (Å²) in [5.74, 6) is 0.587. The van der Waals surface area contributed by atoms with E-state index in [-0.39, 0.29) is 0 Å². The van der Waals surface area contributed by atoms with Crippen molar-refractivity contribution in [3.8, 4) is 11.8 Å². The first-order valence-electron chi connectivity index (χ1n) is 5.12. The molecule has 0 heterocycles. The highest BCUT2D eigenvalue weighted by Crippen LogP contribution is 2.27. The normalized spacial score (nSPS) is 11.9. The van der Waals surface area contributed by atoms with Crippen molar-refractivity contribution in [3.05, 3.63) is 28.8 Å². The van der Waals surface area contributed by atoms with Crippen molar-refractivity contribution in [2.75, 3.05) is 6.61 Å². The lowest BCUT2D eigenvalue weighted by molar-refractivity contribution is 0.199. The fraction of sp³-hybridized carbons (Fsp3) is 0.417. The number of rotatable bonds is 5. The second-order valence-electron chi connectivity index (χ2n) is 3.48. The Kier molecular flexibility index (Phi) is 5.10. The molecule has 0 spiro atoms. The number of halogens is 1. The third-order valence-corrected chi connectivity index (χ3v) is 2.42. The van der Waals surface area contributed by atoms with Crippen LogP contribution in [0.5, 0.6) is 5.75 Å². The number of unbranched alkanes of at least 4 members (excludes halogenated alkanes) is 1. The topological polar surface area (TPSA) is 53.2 Å². The molecule has 86 valence electrons. The standard InChI is InChI=1S/C12H14ClNO2/c1-9(15)10-4-5-12(11(13)8-10)16-7-3-2-6-14/h4-5,8-9,15H,2-3,7H2,1H3/t9-/m1/s1. The van der Waals surface area contributed by atoms with Gasteiger partial charge in [0.25, 0.3) is 0 Å². The second kappa shape index (κ2) is 6.37. The first kappa shape index (κ1) is 12.8. The monoisotopic (exact) mass is 239 g/mol. The number of nitrogens with zero attached hydrogens (tertiary/aromatic N) is 1. The van der Waals surface area contributed by atoms with Gasteiger partial charge in [-0.1, -0.05) is 17.7 Å². The van der Waals surface area contributed by atoms with Gasteiger partial charge in [-0.05, 0) is 31.0 Å². The van der Waals surface area contributed by atoms with Gasteiger partial charge in [0.05, 0.1) is 23.8 Å². The van der Waals surface area contributed by atoms with E-state index < -0.39 is 6.10 Å². The van der Waals surface area contributed by atoms with Gasteiger partial charge in [0.1, 0.15) is 5.75 Å². The van der Waals surface area contributed by atoms with Crippen LogP contribution in [0, 0.1) is 11.3 Å². The Bertz CT molecular complexity index is 385. The maximum absolute atomic E-state index is 9.35. The van der Waals surface area contributed by atoms with E-state index in [2.05, 4.69) is 0 Å². The van der Waals surface area contributed by atoms with Gasteiger partial charge < -0.3 is 9.84 Å². The van der Waals surface area contributed by atoms with E-state index in [1.54, 1.807) is 25.1 Å². The molecule has 0 bridgehead atoms. The van der Waals surface area contributed by atoms with Crippen LogP contribution in [0.1, 0.15) is 31.4 Å². The highest BCUT2D eigenvalue weighted by atomic mass is 35.5. The van der Waals surface area contributed by atoms with Gasteiger partial charge in [-0.2, -0.15) is 5.26 Å². The van der Waals surface area contributed by atoms with Crippen molar-refractivity contribution in [3.63, 3.8) is 0 Å². The van der Waals surface area contributed by atoms with Crippen molar-refractivity contribution in [1.82, 2.24) is 0 Å². The summed E-state index contributed by atoms with van der Waals surface area (Å²) in [6.45, 7) is 2.15. The Hall–Kier alpha value is -1.24. The molecule has 0 aromatic heterocycles. The largest absolute Gasteiger partial charge is 0.492 e. The molecule has 1 rings (SSSR count). The predicted molar refractivity (Wildman–Crippen MR) is 62.4 cm³/mol. The van der Waals surface area contributed by atoms with Crippen molar-refractivity contribution < 1.29 is 9.84 Å². The van der Waals surface area contributed by atoms with Gasteiger partial charge in [0, 0.05) is 6.42 Å². The Morgan fingerprint density at radius 1 is 1.56 bits per heavy atom. The number of hydrogen-bond acceptors (Lipinski definition) is 3. The predicted octanol–water partition coefficient (Wildman–Crippen LogP) is 3.08. The molecule has 4 heteroatoms. The lowest BCUT2D eigenvalue weighted by atomic mass is 10.1. The summed E-state index contributed by atoms with van der Waals surface area (Å²) in [6, 6.07) is 7.24. The van der Waals surface area contributed by atoms with Gasteiger partial charge in [-0.15, -0.1) is 0 Å². The second-order valence-corrected chi connectivity index (χ2v) is 3.88. The molecule has 0 aliphatic rings. The Morgan fingerprint density at radius 2 is 2.31 bits per heavy atom. The van der Waals surface area contributed by atoms with E-state index >= 15 is 0 Å². The molecule has 0 fully saturated rings. The highest BCUT2D eigenvalue weighted by molar-refractivity contribution is 6.32. The number of aliphatic hydroxyl groups is 1.